The SMILES string of the molecule is CCOC(=O)[C@@H]1CC(C)=C(C)C[C@H]1C(=O)O. The third kappa shape index (κ3) is 2.62. The average molecular weight is 226 g/mol. The molecule has 0 saturated heterocycles. The highest BCUT2D eigenvalue weighted by molar-refractivity contribution is 5.82. The van der Waals surface area contributed by atoms with Crippen LogP contribution in [-0.4, -0.2) is 23.7 Å². The molecule has 1 aliphatic rings. The van der Waals surface area contributed by atoms with E-state index in [-0.39, 0.29) is 5.97 Å². The van der Waals surface area contributed by atoms with Gasteiger partial charge in [-0.05, 0) is 33.6 Å². The molecule has 0 spiro atoms. The number of carboxylic acid groups (broad SMARTS) is 1. The fourth-order valence-corrected chi connectivity index (χ4v) is 2.05. The summed E-state index contributed by atoms with van der Waals surface area (Å²) in [5.41, 5.74) is 2.18. The Labute approximate surface area is 95.3 Å². The molecule has 4 heteroatoms. The Morgan fingerprint density at radius 3 is 2.19 bits per heavy atom. The predicted octanol–water partition coefficient (Wildman–Crippen LogP) is 2.00. The minimum atomic E-state index is -0.912. The molecule has 0 heterocycles. The number of aliphatic carboxylic acids is 1. The molecule has 16 heavy (non-hydrogen) atoms. The first-order chi connectivity index (χ1) is 7.47. The summed E-state index contributed by atoms with van der Waals surface area (Å²) < 4.78 is 4.92. The summed E-state index contributed by atoms with van der Waals surface area (Å²) in [4.78, 5) is 22.8. The van der Waals surface area contributed by atoms with Crippen molar-refractivity contribution >= 4 is 11.9 Å². The number of esters is 1. The van der Waals surface area contributed by atoms with Crippen molar-refractivity contribution in [2.45, 2.75) is 33.6 Å². The maximum absolute atomic E-state index is 11.7. The van der Waals surface area contributed by atoms with Crippen molar-refractivity contribution in [1.82, 2.24) is 0 Å². The molecule has 0 aromatic rings. The topological polar surface area (TPSA) is 63.6 Å². The average Bonchev–Trinajstić information content (AvgIpc) is 2.21. The molecule has 0 aromatic carbocycles. The fraction of sp³-hybridized carbons (Fsp3) is 0.667. The molecule has 1 rings (SSSR count). The summed E-state index contributed by atoms with van der Waals surface area (Å²) in [5, 5.41) is 9.10. The minimum absolute atomic E-state index is 0.295. The van der Waals surface area contributed by atoms with Crippen LogP contribution >= 0.6 is 0 Å². The van der Waals surface area contributed by atoms with Gasteiger partial charge in [-0.3, -0.25) is 9.59 Å². The van der Waals surface area contributed by atoms with Crippen molar-refractivity contribution in [3.63, 3.8) is 0 Å². The number of ether oxygens (including phenoxy) is 1. The van der Waals surface area contributed by atoms with Crippen LogP contribution in [0.25, 0.3) is 0 Å². The van der Waals surface area contributed by atoms with E-state index in [1.165, 1.54) is 0 Å². The van der Waals surface area contributed by atoms with Crippen molar-refractivity contribution in [2.75, 3.05) is 6.61 Å². The van der Waals surface area contributed by atoms with Gasteiger partial charge in [0.2, 0.25) is 0 Å². The Hall–Kier alpha value is -1.32. The number of carbonyl (C=O) groups is 2. The number of carbonyl (C=O) groups excluding carboxylic acids is 1. The van der Waals surface area contributed by atoms with E-state index in [0.29, 0.717) is 19.4 Å². The second kappa shape index (κ2) is 5.14. The number of hydrogen-bond donors (Lipinski definition) is 1. The zero-order chi connectivity index (χ0) is 12.3. The van der Waals surface area contributed by atoms with E-state index in [9.17, 15) is 9.59 Å². The van der Waals surface area contributed by atoms with Gasteiger partial charge >= 0.3 is 11.9 Å². The van der Waals surface area contributed by atoms with E-state index in [0.717, 1.165) is 11.1 Å². The van der Waals surface area contributed by atoms with Crippen molar-refractivity contribution in [3.05, 3.63) is 11.1 Å². The molecule has 0 aliphatic heterocycles. The van der Waals surface area contributed by atoms with Gasteiger partial charge in [0.1, 0.15) is 0 Å². The largest absolute Gasteiger partial charge is 0.481 e. The summed E-state index contributed by atoms with van der Waals surface area (Å²) in [7, 11) is 0. The Balaban J connectivity index is 2.88. The zero-order valence-electron chi connectivity index (χ0n) is 9.95. The van der Waals surface area contributed by atoms with Crippen LogP contribution in [0.5, 0.6) is 0 Å². The fourth-order valence-electron chi connectivity index (χ4n) is 2.05. The highest BCUT2D eigenvalue weighted by atomic mass is 16.5. The Bertz CT molecular complexity index is 330. The van der Waals surface area contributed by atoms with Crippen LogP contribution in [0.2, 0.25) is 0 Å². The lowest BCUT2D eigenvalue weighted by molar-refractivity contribution is -0.157. The maximum Gasteiger partial charge on any atom is 0.310 e. The van der Waals surface area contributed by atoms with E-state index in [4.69, 9.17) is 9.84 Å². The predicted molar refractivity (Wildman–Crippen MR) is 58.9 cm³/mol. The molecular weight excluding hydrogens is 208 g/mol. The molecule has 0 saturated carbocycles. The van der Waals surface area contributed by atoms with Gasteiger partial charge in [0, 0.05) is 0 Å². The van der Waals surface area contributed by atoms with E-state index in [1.54, 1.807) is 6.92 Å². The summed E-state index contributed by atoms with van der Waals surface area (Å²) in [6.45, 7) is 5.89. The van der Waals surface area contributed by atoms with Gasteiger partial charge in [0.25, 0.3) is 0 Å². The molecule has 2 atom stereocenters. The van der Waals surface area contributed by atoms with Crippen LogP contribution in [0.4, 0.5) is 0 Å². The minimum Gasteiger partial charge on any atom is -0.481 e. The normalized spacial score (nSPS) is 25.4. The summed E-state index contributed by atoms with van der Waals surface area (Å²) >= 11 is 0. The van der Waals surface area contributed by atoms with Crippen LogP contribution < -0.4 is 0 Å². The Kier molecular flexibility index (Phi) is 4.10. The maximum atomic E-state index is 11.7. The molecule has 1 aliphatic carbocycles. The van der Waals surface area contributed by atoms with E-state index < -0.39 is 17.8 Å². The molecule has 90 valence electrons. The molecule has 4 nitrogen and oxygen atoms in total. The molecule has 0 unspecified atom stereocenters. The molecule has 0 amide bonds. The van der Waals surface area contributed by atoms with Gasteiger partial charge in [0.15, 0.2) is 0 Å². The molecule has 1 N–H and O–H groups in total. The number of allylic oxidation sites excluding steroid dienone is 2. The Morgan fingerprint density at radius 1 is 1.25 bits per heavy atom. The standard InChI is InChI=1S/C12H18O4/c1-4-16-12(15)10-6-8(3)7(2)5-9(10)11(13)14/h9-10H,4-6H2,1-3H3,(H,13,14)/t9-,10-/m1/s1. The Morgan fingerprint density at radius 2 is 1.75 bits per heavy atom. The first-order valence-corrected chi connectivity index (χ1v) is 5.52. The number of rotatable bonds is 3. The summed E-state index contributed by atoms with van der Waals surface area (Å²) in [6.07, 6.45) is 0.951. The lowest BCUT2D eigenvalue weighted by atomic mass is 9.76. The van der Waals surface area contributed by atoms with Crippen molar-refractivity contribution in [3.8, 4) is 0 Å². The zero-order valence-corrected chi connectivity index (χ0v) is 9.95. The molecule has 0 radical (unpaired) electrons. The van der Waals surface area contributed by atoms with Gasteiger partial charge < -0.3 is 9.84 Å². The third-order valence-electron chi connectivity index (χ3n) is 3.17. The highest BCUT2D eigenvalue weighted by Gasteiger charge is 2.38. The lowest BCUT2D eigenvalue weighted by Crippen LogP contribution is -2.34. The first kappa shape index (κ1) is 12.7. The van der Waals surface area contributed by atoms with Crippen molar-refractivity contribution in [2.24, 2.45) is 11.8 Å². The number of hydrogen-bond acceptors (Lipinski definition) is 3. The van der Waals surface area contributed by atoms with Gasteiger partial charge in [-0.15, -0.1) is 0 Å². The summed E-state index contributed by atoms with van der Waals surface area (Å²) in [6, 6.07) is 0. The molecular formula is C12H18O4. The molecule has 0 bridgehead atoms. The number of carboxylic acids is 1. The van der Waals surface area contributed by atoms with Gasteiger partial charge in [-0.2, -0.15) is 0 Å². The smallest absolute Gasteiger partial charge is 0.310 e. The second-order valence-corrected chi connectivity index (χ2v) is 4.27. The first-order valence-electron chi connectivity index (χ1n) is 5.52. The van der Waals surface area contributed by atoms with Crippen LogP contribution in [-0.2, 0) is 14.3 Å². The van der Waals surface area contributed by atoms with Gasteiger partial charge in [-0.1, -0.05) is 11.1 Å². The van der Waals surface area contributed by atoms with Crippen LogP contribution in [0.3, 0.4) is 0 Å². The third-order valence-corrected chi connectivity index (χ3v) is 3.17. The summed E-state index contributed by atoms with van der Waals surface area (Å²) in [5.74, 6) is -2.46. The molecule has 0 aromatic heterocycles. The van der Waals surface area contributed by atoms with E-state index >= 15 is 0 Å². The van der Waals surface area contributed by atoms with E-state index in [2.05, 4.69) is 0 Å². The monoisotopic (exact) mass is 226 g/mol. The lowest BCUT2D eigenvalue weighted by Gasteiger charge is -2.28. The van der Waals surface area contributed by atoms with Crippen LogP contribution in [0, 0.1) is 11.8 Å². The highest BCUT2D eigenvalue weighted by Crippen LogP contribution is 2.34. The van der Waals surface area contributed by atoms with Crippen LogP contribution in [0.1, 0.15) is 33.6 Å². The van der Waals surface area contributed by atoms with Crippen molar-refractivity contribution < 1.29 is 19.4 Å². The van der Waals surface area contributed by atoms with E-state index in [1.807, 2.05) is 13.8 Å². The van der Waals surface area contributed by atoms with Gasteiger partial charge in [0.05, 0.1) is 18.4 Å². The molecule has 0 fully saturated rings. The van der Waals surface area contributed by atoms with Crippen molar-refractivity contribution in [1.29, 1.82) is 0 Å². The second-order valence-electron chi connectivity index (χ2n) is 4.27. The van der Waals surface area contributed by atoms with Crippen LogP contribution in [0.15, 0.2) is 11.1 Å². The van der Waals surface area contributed by atoms with Gasteiger partial charge in [-0.25, -0.2) is 0 Å². The quantitative estimate of drug-likeness (QED) is 0.590.